The second-order valence-electron chi connectivity index (χ2n) is 8.11. The molecule has 0 radical (unpaired) electrons. The Morgan fingerprint density at radius 2 is 2.18 bits per heavy atom. The lowest BCUT2D eigenvalue weighted by molar-refractivity contribution is -0.150. The van der Waals surface area contributed by atoms with Crippen LogP contribution in [0.4, 0.5) is 0 Å². The van der Waals surface area contributed by atoms with Crippen LogP contribution < -0.4 is 0 Å². The van der Waals surface area contributed by atoms with Crippen molar-refractivity contribution in [3.8, 4) is 0 Å². The monoisotopic (exact) mass is 390 g/mol. The lowest BCUT2D eigenvalue weighted by Gasteiger charge is -2.28. The molecule has 0 saturated carbocycles. The molecule has 28 heavy (non-hydrogen) atoms. The van der Waals surface area contributed by atoms with Crippen LogP contribution in [-0.2, 0) is 33.3 Å². The van der Waals surface area contributed by atoms with Crippen LogP contribution in [0.15, 0.2) is 36.0 Å². The summed E-state index contributed by atoms with van der Waals surface area (Å²) in [7, 11) is 0. The first-order chi connectivity index (χ1) is 13.2. The Kier molecular flexibility index (Phi) is 4.72. The molecule has 0 aromatic carbocycles. The maximum absolute atomic E-state index is 12.3. The van der Waals surface area contributed by atoms with Crippen molar-refractivity contribution in [3.05, 3.63) is 36.0 Å². The second kappa shape index (κ2) is 6.83. The van der Waals surface area contributed by atoms with Gasteiger partial charge < -0.3 is 23.7 Å². The standard InChI is InChI=1S/C21H26O7/c1-6-24-20-12-7-13(25-20)9-21(5)17(28-21)16-15(11(4)19(23)27-16)14(8-12)26-18(22)10(2)3/h7,13-17,20H,2,4,6,8-9H2,1,3,5H3/t13-,14-,15+,16-,17-,20+,21-/m0/s1. The number of carbonyl (C=O) groups is 2. The van der Waals surface area contributed by atoms with Crippen molar-refractivity contribution in [1.82, 2.24) is 0 Å². The summed E-state index contributed by atoms with van der Waals surface area (Å²) < 4.78 is 29.1. The molecule has 0 spiro atoms. The van der Waals surface area contributed by atoms with Gasteiger partial charge in [0.05, 0.1) is 17.6 Å². The Labute approximate surface area is 164 Å². The van der Waals surface area contributed by atoms with Gasteiger partial charge in [0.25, 0.3) is 0 Å². The van der Waals surface area contributed by atoms with Gasteiger partial charge in [0.15, 0.2) is 6.29 Å². The highest BCUT2D eigenvalue weighted by molar-refractivity contribution is 5.91. The highest BCUT2D eigenvalue weighted by Gasteiger charge is 2.65. The zero-order valence-electron chi connectivity index (χ0n) is 16.4. The van der Waals surface area contributed by atoms with Gasteiger partial charge in [0.2, 0.25) is 0 Å². The molecule has 0 aromatic heterocycles. The zero-order chi connectivity index (χ0) is 20.2. The Balaban J connectivity index is 1.71. The number of rotatable bonds is 4. The maximum Gasteiger partial charge on any atom is 0.334 e. The van der Waals surface area contributed by atoms with E-state index >= 15 is 0 Å². The molecule has 4 rings (SSSR count). The summed E-state index contributed by atoms with van der Waals surface area (Å²) in [5.74, 6) is -1.49. The number of fused-ring (bicyclic) bond motifs is 4. The SMILES string of the molecule is C=C(C)C(=O)O[C@H]1CC2=C[C@@H](C[C@]3(C)O[C@H]3[C@H]3OC(=O)C(=C)[C@@H]31)O[C@H]2OCC. The van der Waals surface area contributed by atoms with Crippen molar-refractivity contribution >= 4 is 11.9 Å². The first kappa shape index (κ1) is 19.4. The van der Waals surface area contributed by atoms with E-state index in [1.165, 1.54) is 0 Å². The van der Waals surface area contributed by atoms with Crippen LogP contribution in [0.3, 0.4) is 0 Å². The fourth-order valence-corrected chi connectivity index (χ4v) is 4.41. The molecule has 0 unspecified atom stereocenters. The fourth-order valence-electron chi connectivity index (χ4n) is 4.41. The van der Waals surface area contributed by atoms with Crippen LogP contribution in [0, 0.1) is 5.92 Å². The van der Waals surface area contributed by atoms with Gasteiger partial charge in [-0.25, -0.2) is 9.59 Å². The Morgan fingerprint density at radius 1 is 1.43 bits per heavy atom. The van der Waals surface area contributed by atoms with E-state index in [-0.39, 0.29) is 17.8 Å². The third-order valence-corrected chi connectivity index (χ3v) is 5.87. The van der Waals surface area contributed by atoms with Crippen molar-refractivity contribution < 1.29 is 33.3 Å². The quantitative estimate of drug-likeness (QED) is 0.315. The molecule has 7 heteroatoms. The van der Waals surface area contributed by atoms with Crippen molar-refractivity contribution in [3.63, 3.8) is 0 Å². The zero-order valence-corrected chi connectivity index (χ0v) is 16.4. The summed E-state index contributed by atoms with van der Waals surface area (Å²) in [5, 5.41) is 0. The lowest BCUT2D eigenvalue weighted by Crippen LogP contribution is -2.39. The molecule has 0 aromatic rings. The highest BCUT2D eigenvalue weighted by atomic mass is 16.7. The van der Waals surface area contributed by atoms with Crippen LogP contribution in [0.25, 0.3) is 0 Å². The van der Waals surface area contributed by atoms with E-state index in [1.54, 1.807) is 6.92 Å². The van der Waals surface area contributed by atoms with Gasteiger partial charge >= 0.3 is 11.9 Å². The van der Waals surface area contributed by atoms with Crippen LogP contribution in [0.1, 0.15) is 33.6 Å². The Hall–Kier alpha value is -1.96. The lowest BCUT2D eigenvalue weighted by atomic mass is 9.82. The minimum atomic E-state index is -0.656. The molecule has 0 amide bonds. The van der Waals surface area contributed by atoms with E-state index < -0.39 is 42.0 Å². The first-order valence-electron chi connectivity index (χ1n) is 9.65. The topological polar surface area (TPSA) is 83.6 Å². The fraction of sp³-hybridized carbons (Fsp3) is 0.619. The number of carbonyl (C=O) groups excluding carboxylic acids is 2. The van der Waals surface area contributed by atoms with Gasteiger partial charge in [-0.2, -0.15) is 0 Å². The number of esters is 2. The number of epoxide rings is 1. The van der Waals surface area contributed by atoms with Gasteiger partial charge in [0.1, 0.15) is 18.3 Å². The molecule has 2 fully saturated rings. The average Bonchev–Trinajstić information content (AvgIpc) is 3.00. The van der Waals surface area contributed by atoms with E-state index in [9.17, 15) is 9.59 Å². The normalized spacial score (nSPS) is 41.5. The van der Waals surface area contributed by atoms with Crippen molar-refractivity contribution in [2.75, 3.05) is 6.61 Å². The second-order valence-corrected chi connectivity index (χ2v) is 8.11. The molecule has 2 saturated heterocycles. The summed E-state index contributed by atoms with van der Waals surface area (Å²) >= 11 is 0. The smallest absolute Gasteiger partial charge is 0.334 e. The third kappa shape index (κ3) is 3.21. The molecule has 7 nitrogen and oxygen atoms in total. The predicted octanol–water partition coefficient (Wildman–Crippen LogP) is 2.21. The van der Waals surface area contributed by atoms with Gasteiger partial charge in [-0.05, 0) is 26.3 Å². The molecule has 3 heterocycles. The van der Waals surface area contributed by atoms with Gasteiger partial charge in [-0.15, -0.1) is 0 Å². The minimum absolute atomic E-state index is 0.170. The van der Waals surface area contributed by atoms with Crippen LogP contribution in [-0.4, -0.2) is 54.9 Å². The van der Waals surface area contributed by atoms with Crippen LogP contribution in [0.2, 0.25) is 0 Å². The summed E-state index contributed by atoms with van der Waals surface area (Å²) in [6.45, 7) is 13.5. The predicted molar refractivity (Wildman–Crippen MR) is 98.1 cm³/mol. The largest absolute Gasteiger partial charge is 0.458 e. The Morgan fingerprint density at radius 3 is 2.86 bits per heavy atom. The number of hydrogen-bond acceptors (Lipinski definition) is 7. The van der Waals surface area contributed by atoms with Crippen molar-refractivity contribution in [1.29, 1.82) is 0 Å². The maximum atomic E-state index is 12.3. The van der Waals surface area contributed by atoms with Crippen molar-refractivity contribution in [2.24, 2.45) is 5.92 Å². The molecule has 152 valence electrons. The van der Waals surface area contributed by atoms with E-state index in [0.29, 0.717) is 25.0 Å². The minimum Gasteiger partial charge on any atom is -0.458 e. The molecule has 2 bridgehead atoms. The van der Waals surface area contributed by atoms with E-state index in [4.69, 9.17) is 23.7 Å². The van der Waals surface area contributed by atoms with Gasteiger partial charge in [0, 0.05) is 30.6 Å². The summed E-state index contributed by atoms with van der Waals surface area (Å²) in [5.41, 5.74) is 0.987. The number of hydrogen-bond donors (Lipinski definition) is 0. The summed E-state index contributed by atoms with van der Waals surface area (Å²) in [4.78, 5) is 24.6. The third-order valence-electron chi connectivity index (χ3n) is 5.87. The molecular formula is C21H26O7. The van der Waals surface area contributed by atoms with E-state index in [1.807, 2.05) is 19.9 Å². The molecular weight excluding hydrogens is 364 g/mol. The van der Waals surface area contributed by atoms with Crippen molar-refractivity contribution in [2.45, 2.75) is 69.9 Å². The first-order valence-corrected chi connectivity index (χ1v) is 9.65. The number of ether oxygens (including phenoxy) is 5. The summed E-state index contributed by atoms with van der Waals surface area (Å²) in [6, 6.07) is 0. The van der Waals surface area contributed by atoms with E-state index in [0.717, 1.165) is 5.57 Å². The molecule has 1 aliphatic carbocycles. The molecule has 4 aliphatic rings. The molecule has 0 N–H and O–H groups in total. The van der Waals surface area contributed by atoms with E-state index in [2.05, 4.69) is 13.2 Å². The highest BCUT2D eigenvalue weighted by Crippen LogP contribution is 2.52. The average molecular weight is 390 g/mol. The summed E-state index contributed by atoms with van der Waals surface area (Å²) in [6.07, 6.45) is 0.839. The Bertz CT molecular complexity index is 769. The van der Waals surface area contributed by atoms with Gasteiger partial charge in [-0.1, -0.05) is 19.2 Å². The molecule has 7 atom stereocenters. The van der Waals surface area contributed by atoms with Crippen LogP contribution in [0.5, 0.6) is 0 Å². The van der Waals surface area contributed by atoms with Crippen LogP contribution >= 0.6 is 0 Å². The molecule has 3 aliphatic heterocycles. The van der Waals surface area contributed by atoms with Gasteiger partial charge in [-0.3, -0.25) is 0 Å².